The van der Waals surface area contributed by atoms with Gasteiger partial charge in [0.2, 0.25) is 5.91 Å². The van der Waals surface area contributed by atoms with Crippen LogP contribution in [0.3, 0.4) is 0 Å². The summed E-state index contributed by atoms with van der Waals surface area (Å²) in [7, 11) is 0. The fraction of sp³-hybridized carbons (Fsp3) is 0.952. The molecule has 10 heteroatoms. The topological polar surface area (TPSA) is 74.9 Å². The van der Waals surface area contributed by atoms with Gasteiger partial charge in [-0.25, -0.2) is 0 Å². The summed E-state index contributed by atoms with van der Waals surface area (Å²) in [5.41, 5.74) is 1.03. The highest BCUT2D eigenvalue weighted by atomic mass is 19.4. The number of hydrogen-bond donors (Lipinski definition) is 3. The molecular weight excluding hydrogens is 413 g/mol. The summed E-state index contributed by atoms with van der Waals surface area (Å²) >= 11 is 0. The average Bonchev–Trinajstić information content (AvgIpc) is 3.19. The standard InChI is InChI=1S/C21H33F3N4O3/c22-21(23,24)20(5-6-20)19(29)28-8-2-13(3-9-28)17-26-18(31-27-17)14-1-7-25-16(11-14)15-4-10-30-12-15/h13-18,25-27H,1-12H2. The molecule has 0 spiro atoms. The third kappa shape index (κ3) is 4.21. The van der Waals surface area contributed by atoms with E-state index in [1.165, 1.54) is 4.90 Å². The normalized spacial score (nSPS) is 39.1. The van der Waals surface area contributed by atoms with Gasteiger partial charge in [-0.2, -0.15) is 18.7 Å². The van der Waals surface area contributed by atoms with E-state index in [-0.39, 0.29) is 31.2 Å². The van der Waals surface area contributed by atoms with E-state index in [9.17, 15) is 18.0 Å². The molecule has 5 unspecified atom stereocenters. The Hall–Kier alpha value is -0.940. The van der Waals surface area contributed by atoms with Crippen LogP contribution in [0.5, 0.6) is 0 Å². The monoisotopic (exact) mass is 446 g/mol. The van der Waals surface area contributed by atoms with E-state index in [0.717, 1.165) is 39.0 Å². The Morgan fingerprint density at radius 1 is 1.03 bits per heavy atom. The Balaban J connectivity index is 1.10. The Morgan fingerprint density at radius 2 is 1.81 bits per heavy atom. The third-order valence-electron chi connectivity index (χ3n) is 8.11. The first-order valence-corrected chi connectivity index (χ1v) is 11.7. The molecule has 5 rings (SSSR count). The molecule has 0 aromatic heterocycles. The molecule has 1 saturated carbocycles. The maximum absolute atomic E-state index is 13.3. The summed E-state index contributed by atoms with van der Waals surface area (Å²) in [5.74, 6) is 0.487. The van der Waals surface area contributed by atoms with Crippen LogP contribution in [0.2, 0.25) is 0 Å². The second kappa shape index (κ2) is 8.44. The van der Waals surface area contributed by atoms with Crippen LogP contribution in [-0.4, -0.2) is 68.3 Å². The molecule has 3 N–H and O–H groups in total. The van der Waals surface area contributed by atoms with Crippen molar-refractivity contribution in [1.82, 2.24) is 21.0 Å². The van der Waals surface area contributed by atoms with Gasteiger partial charge in [0, 0.05) is 31.7 Å². The molecule has 4 saturated heterocycles. The number of amides is 1. The number of alkyl halides is 3. The molecule has 5 fully saturated rings. The molecule has 1 amide bonds. The number of carbonyl (C=O) groups excluding carboxylic acids is 1. The van der Waals surface area contributed by atoms with Crippen LogP contribution in [0.4, 0.5) is 13.2 Å². The molecule has 31 heavy (non-hydrogen) atoms. The largest absolute Gasteiger partial charge is 0.403 e. The van der Waals surface area contributed by atoms with Crippen molar-refractivity contribution in [3.63, 3.8) is 0 Å². The Labute approximate surface area is 180 Å². The van der Waals surface area contributed by atoms with Crippen LogP contribution in [0.1, 0.15) is 44.9 Å². The van der Waals surface area contributed by atoms with Crippen molar-refractivity contribution in [2.45, 2.75) is 69.6 Å². The summed E-state index contributed by atoms with van der Waals surface area (Å²) in [6.45, 7) is 3.41. The second-order valence-electron chi connectivity index (χ2n) is 9.98. The zero-order valence-corrected chi connectivity index (χ0v) is 17.8. The zero-order chi connectivity index (χ0) is 21.6. The minimum absolute atomic E-state index is 0.0251. The minimum Gasteiger partial charge on any atom is -0.381 e. The molecule has 0 radical (unpaired) electrons. The fourth-order valence-electron chi connectivity index (χ4n) is 5.82. The molecule has 7 nitrogen and oxygen atoms in total. The molecule has 176 valence electrons. The van der Waals surface area contributed by atoms with Crippen LogP contribution in [0.15, 0.2) is 0 Å². The smallest absolute Gasteiger partial charge is 0.381 e. The van der Waals surface area contributed by atoms with Crippen LogP contribution >= 0.6 is 0 Å². The van der Waals surface area contributed by atoms with Gasteiger partial charge in [-0.15, -0.1) is 0 Å². The number of piperidine rings is 2. The predicted octanol–water partition coefficient (Wildman–Crippen LogP) is 1.75. The zero-order valence-electron chi connectivity index (χ0n) is 17.8. The van der Waals surface area contributed by atoms with E-state index in [1.54, 1.807) is 0 Å². The van der Waals surface area contributed by atoms with E-state index in [1.807, 2.05) is 0 Å². The number of hydrogen-bond acceptors (Lipinski definition) is 6. The first-order valence-electron chi connectivity index (χ1n) is 11.7. The van der Waals surface area contributed by atoms with Crippen molar-refractivity contribution in [1.29, 1.82) is 0 Å². The molecular formula is C21H33F3N4O3. The third-order valence-corrected chi connectivity index (χ3v) is 8.11. The number of nitrogens with zero attached hydrogens (tertiary/aromatic N) is 1. The number of likely N-dealkylation sites (tertiary alicyclic amines) is 1. The second-order valence-corrected chi connectivity index (χ2v) is 9.98. The van der Waals surface area contributed by atoms with Gasteiger partial charge in [0.1, 0.15) is 11.6 Å². The molecule has 4 heterocycles. The van der Waals surface area contributed by atoms with Gasteiger partial charge in [0.15, 0.2) is 0 Å². The molecule has 0 bridgehead atoms. The van der Waals surface area contributed by atoms with E-state index in [2.05, 4.69) is 16.1 Å². The van der Waals surface area contributed by atoms with Gasteiger partial charge in [-0.05, 0) is 63.3 Å². The number of rotatable bonds is 4. The van der Waals surface area contributed by atoms with E-state index in [0.29, 0.717) is 43.8 Å². The maximum atomic E-state index is 13.3. The lowest BCUT2D eigenvalue weighted by Crippen LogP contribution is -2.52. The van der Waals surface area contributed by atoms with Gasteiger partial charge in [-0.1, -0.05) is 0 Å². The van der Waals surface area contributed by atoms with Crippen LogP contribution in [0, 0.1) is 23.2 Å². The van der Waals surface area contributed by atoms with Crippen molar-refractivity contribution in [2.75, 3.05) is 32.8 Å². The number of ether oxygens (including phenoxy) is 1. The lowest BCUT2D eigenvalue weighted by Gasteiger charge is -2.37. The molecule has 0 aromatic rings. The van der Waals surface area contributed by atoms with Crippen molar-refractivity contribution < 1.29 is 27.5 Å². The molecule has 0 aromatic carbocycles. The summed E-state index contributed by atoms with van der Waals surface area (Å²) < 4.78 is 45.4. The number of nitrogens with one attached hydrogen (secondary N) is 3. The first kappa shape index (κ1) is 21.9. The van der Waals surface area contributed by atoms with Gasteiger partial charge in [-0.3, -0.25) is 14.9 Å². The van der Waals surface area contributed by atoms with E-state index < -0.39 is 17.5 Å². The predicted molar refractivity (Wildman–Crippen MR) is 105 cm³/mol. The minimum atomic E-state index is -4.44. The summed E-state index contributed by atoms with van der Waals surface area (Å²) in [6, 6.07) is 0.461. The molecule has 5 atom stereocenters. The maximum Gasteiger partial charge on any atom is 0.403 e. The Kier molecular flexibility index (Phi) is 5.96. The number of halogens is 3. The quantitative estimate of drug-likeness (QED) is 0.611. The summed E-state index contributed by atoms with van der Waals surface area (Å²) in [5, 5.41) is 7.21. The van der Waals surface area contributed by atoms with Crippen LogP contribution in [0.25, 0.3) is 0 Å². The molecule has 4 aliphatic heterocycles. The van der Waals surface area contributed by atoms with Crippen LogP contribution in [-0.2, 0) is 14.4 Å². The summed E-state index contributed by atoms with van der Waals surface area (Å²) in [6.07, 6.45) is -0.107. The molecule has 1 aliphatic carbocycles. The van der Waals surface area contributed by atoms with Crippen molar-refractivity contribution in [3.8, 4) is 0 Å². The van der Waals surface area contributed by atoms with Crippen LogP contribution < -0.4 is 16.1 Å². The number of hydroxylamine groups is 1. The van der Waals surface area contributed by atoms with Crippen molar-refractivity contribution in [3.05, 3.63) is 0 Å². The van der Waals surface area contributed by atoms with E-state index in [4.69, 9.17) is 9.57 Å². The van der Waals surface area contributed by atoms with Gasteiger partial charge in [0.25, 0.3) is 0 Å². The highest BCUT2D eigenvalue weighted by molar-refractivity contribution is 5.86. The fourth-order valence-corrected chi connectivity index (χ4v) is 5.82. The Morgan fingerprint density at radius 3 is 2.45 bits per heavy atom. The van der Waals surface area contributed by atoms with Crippen molar-refractivity contribution >= 4 is 5.91 Å². The Bertz CT molecular complexity index is 661. The lowest BCUT2D eigenvalue weighted by molar-refractivity contribution is -0.199. The highest BCUT2D eigenvalue weighted by Gasteiger charge is 2.69. The van der Waals surface area contributed by atoms with Crippen molar-refractivity contribution in [2.24, 2.45) is 23.2 Å². The van der Waals surface area contributed by atoms with Gasteiger partial charge >= 0.3 is 6.18 Å². The summed E-state index contributed by atoms with van der Waals surface area (Å²) in [4.78, 5) is 19.8. The first-order chi connectivity index (χ1) is 14.9. The SMILES string of the molecule is O=C(N1CCC(C2NOC(C3CCNC(C4CCOC4)C3)N2)CC1)C1(C(F)(F)F)CC1. The van der Waals surface area contributed by atoms with E-state index >= 15 is 0 Å². The number of carbonyl (C=O) groups is 1. The lowest BCUT2D eigenvalue weighted by atomic mass is 9.84. The highest BCUT2D eigenvalue weighted by Crippen LogP contribution is 2.58. The molecule has 5 aliphatic rings. The average molecular weight is 447 g/mol. The van der Waals surface area contributed by atoms with Gasteiger partial charge in [0.05, 0.1) is 12.8 Å². The van der Waals surface area contributed by atoms with Gasteiger partial charge < -0.3 is 15.0 Å².